The van der Waals surface area contributed by atoms with Gasteiger partial charge in [0.15, 0.2) is 0 Å². The van der Waals surface area contributed by atoms with E-state index >= 15 is 0 Å². The minimum Gasteiger partial charge on any atom is -0.346 e. The number of fused-ring (bicyclic) bond motifs is 1. The Kier molecular flexibility index (Phi) is 12.2. The van der Waals surface area contributed by atoms with Crippen LogP contribution in [0.1, 0.15) is 87.5 Å². The molecular formula is C39H60N6O7S2. The minimum absolute atomic E-state index is 0.0492. The van der Waals surface area contributed by atoms with Crippen LogP contribution in [0.5, 0.6) is 0 Å². The summed E-state index contributed by atoms with van der Waals surface area (Å²) in [5.74, 6) is -2.01. The molecule has 4 aliphatic rings. The van der Waals surface area contributed by atoms with Gasteiger partial charge in [0.25, 0.3) is 15.9 Å². The van der Waals surface area contributed by atoms with Crippen LogP contribution in [0, 0.1) is 39.9 Å². The Labute approximate surface area is 324 Å². The Bertz CT molecular complexity index is 1710. The number of amides is 5. The van der Waals surface area contributed by atoms with Gasteiger partial charge in [-0.1, -0.05) is 80.4 Å². The van der Waals surface area contributed by atoms with Gasteiger partial charge in [0.2, 0.25) is 17.6 Å². The van der Waals surface area contributed by atoms with Crippen molar-refractivity contribution in [2.45, 2.75) is 116 Å². The van der Waals surface area contributed by atoms with Gasteiger partial charge in [-0.05, 0) is 70.6 Å². The van der Waals surface area contributed by atoms with Gasteiger partial charge in [0.1, 0.15) is 16.3 Å². The number of likely N-dealkylation sites (tertiary alicyclic amines) is 1. The maximum Gasteiger partial charge on any atom is 0.315 e. The second kappa shape index (κ2) is 15.7. The van der Waals surface area contributed by atoms with Gasteiger partial charge in [-0.3, -0.25) is 19.2 Å². The number of sulfonamides is 1. The third-order valence-electron chi connectivity index (χ3n) is 11.7. The van der Waals surface area contributed by atoms with Crippen LogP contribution in [-0.4, -0.2) is 97.5 Å². The molecule has 6 atom stereocenters. The molecule has 0 bridgehead atoms. The fourth-order valence-electron chi connectivity index (χ4n) is 7.68. The second-order valence-corrected chi connectivity index (χ2v) is 21.6. The molecule has 3 saturated carbocycles. The molecule has 5 amide bonds. The van der Waals surface area contributed by atoms with E-state index in [1.807, 2.05) is 41.5 Å². The van der Waals surface area contributed by atoms with Crippen LogP contribution in [0.4, 0.5) is 4.79 Å². The molecule has 4 fully saturated rings. The lowest BCUT2D eigenvalue weighted by molar-refractivity contribution is -0.145. The maximum absolute atomic E-state index is 14.6. The Morgan fingerprint density at radius 1 is 1.00 bits per heavy atom. The zero-order valence-electron chi connectivity index (χ0n) is 33.1. The van der Waals surface area contributed by atoms with Crippen molar-refractivity contribution in [3.05, 3.63) is 30.2 Å². The van der Waals surface area contributed by atoms with Crippen LogP contribution in [-0.2, 0) is 29.2 Å². The topological polar surface area (TPSA) is 174 Å². The van der Waals surface area contributed by atoms with Crippen molar-refractivity contribution in [3.63, 3.8) is 0 Å². The van der Waals surface area contributed by atoms with E-state index in [4.69, 9.17) is 0 Å². The summed E-state index contributed by atoms with van der Waals surface area (Å²) in [6, 6.07) is -0.876. The molecular weight excluding hydrogens is 729 g/mol. The van der Waals surface area contributed by atoms with Crippen molar-refractivity contribution in [2.24, 2.45) is 39.9 Å². The van der Waals surface area contributed by atoms with Crippen molar-refractivity contribution in [2.75, 3.05) is 26.2 Å². The van der Waals surface area contributed by atoms with Gasteiger partial charge in [0.05, 0.1) is 6.04 Å². The average molecular weight is 789 g/mol. The van der Waals surface area contributed by atoms with Crippen LogP contribution in [0.3, 0.4) is 0 Å². The van der Waals surface area contributed by atoms with Gasteiger partial charge in [0, 0.05) is 32.2 Å². The summed E-state index contributed by atoms with van der Waals surface area (Å²) >= 11 is 1.16. The molecule has 15 heteroatoms. The molecule has 0 spiro atoms. The van der Waals surface area contributed by atoms with E-state index in [1.165, 1.54) is 15.3 Å². The number of ketones is 1. The number of carbonyl (C=O) groups excluding carboxylic acids is 5. The maximum atomic E-state index is 14.6. The van der Waals surface area contributed by atoms with Crippen LogP contribution in [0.2, 0.25) is 0 Å². The van der Waals surface area contributed by atoms with Gasteiger partial charge in [-0.25, -0.2) is 13.2 Å². The molecule has 1 unspecified atom stereocenters. The molecule has 1 saturated heterocycles. The molecule has 1 aliphatic heterocycles. The summed E-state index contributed by atoms with van der Waals surface area (Å²) in [6.07, 6.45) is 5.56. The highest BCUT2D eigenvalue weighted by Gasteiger charge is 2.70. The third-order valence-corrected chi connectivity index (χ3v) is 14.9. The van der Waals surface area contributed by atoms with Gasteiger partial charge >= 0.3 is 6.03 Å². The first-order valence-corrected chi connectivity index (χ1v) is 21.5. The predicted molar refractivity (Wildman–Crippen MR) is 208 cm³/mol. The lowest BCUT2D eigenvalue weighted by atomic mass is 9.85. The molecule has 1 aromatic rings. The first-order chi connectivity index (χ1) is 25.1. The fraction of sp³-hybridized carbons (Fsp3) is 0.718. The summed E-state index contributed by atoms with van der Waals surface area (Å²) in [4.78, 5) is 70.1. The molecule has 5 rings (SSSR count). The number of hydrogen-bond acceptors (Lipinski definition) is 8. The Morgan fingerprint density at radius 3 is 2.19 bits per heavy atom. The standard InChI is InChI=1S/C39H60N6O7S2/c1-10-17-40-34(48)31(46)26(19-23-13-14-23)41-33(47)30-29-25(39(29,8)9)21-45(30)35(49)32(38(5,6)7)43-36(50)42-27(37(2,3)4)22-44(20-24-15-16-24)54(51,52)28-12-11-18-53-28/h10-12,18,23-27,29-30,32H,1,13-17,19-22H2,2-9H3,(H,40,48)(H,41,47)(H2,42,43,50)/t25-,26?,27+,29-,30-,32+/m0/s1. The van der Waals surface area contributed by atoms with E-state index in [0.29, 0.717) is 19.5 Å². The smallest absolute Gasteiger partial charge is 0.315 e. The molecule has 13 nitrogen and oxygen atoms in total. The van der Waals surface area contributed by atoms with Crippen molar-refractivity contribution in [1.82, 2.24) is 30.5 Å². The van der Waals surface area contributed by atoms with E-state index in [-0.39, 0.29) is 46.4 Å². The first kappa shape index (κ1) is 41.9. The SMILES string of the molecule is C=CCNC(=O)C(=O)C(CC1CC1)NC(=O)[C@@H]1[C@@H]2[C@H](CN1C(=O)[C@@H](NC(=O)N[C@H](CN(CC1CC1)S(=O)(=O)c1cccs1)C(C)(C)C)C(C)(C)C)C2(C)C. The number of Topliss-reactive ketones (excluding diaryl/α,β-unsaturated/α-hetero) is 1. The average Bonchev–Trinajstić information content (AvgIpc) is 4.03. The van der Waals surface area contributed by atoms with E-state index in [1.54, 1.807) is 17.5 Å². The number of thiophene rings is 1. The molecule has 2 heterocycles. The van der Waals surface area contributed by atoms with Crippen LogP contribution in [0.15, 0.2) is 34.4 Å². The Hall–Kier alpha value is -3.30. The number of rotatable bonds is 17. The van der Waals surface area contributed by atoms with Crippen LogP contribution < -0.4 is 21.3 Å². The highest BCUT2D eigenvalue weighted by Crippen LogP contribution is 2.65. The number of piperidine rings is 1. The normalized spacial score (nSPS) is 23.8. The lowest BCUT2D eigenvalue weighted by Gasteiger charge is -2.39. The largest absolute Gasteiger partial charge is 0.346 e. The van der Waals surface area contributed by atoms with Gasteiger partial charge in [-0.15, -0.1) is 17.9 Å². The second-order valence-electron chi connectivity index (χ2n) is 18.5. The highest BCUT2D eigenvalue weighted by molar-refractivity contribution is 7.91. The Morgan fingerprint density at radius 2 is 1.65 bits per heavy atom. The highest BCUT2D eigenvalue weighted by atomic mass is 32.2. The number of nitrogens with zero attached hydrogens (tertiary/aromatic N) is 2. The number of nitrogens with one attached hydrogen (secondary N) is 4. The molecule has 0 radical (unpaired) electrons. The lowest BCUT2D eigenvalue weighted by Crippen LogP contribution is -2.63. The summed E-state index contributed by atoms with van der Waals surface area (Å²) in [5.41, 5.74) is -1.54. The molecule has 0 aromatic carbocycles. The van der Waals surface area contributed by atoms with Crippen molar-refractivity contribution >= 4 is 50.9 Å². The van der Waals surface area contributed by atoms with Crippen LogP contribution >= 0.6 is 11.3 Å². The van der Waals surface area contributed by atoms with Crippen molar-refractivity contribution in [1.29, 1.82) is 0 Å². The van der Waals surface area contributed by atoms with E-state index in [9.17, 15) is 32.4 Å². The first-order valence-electron chi connectivity index (χ1n) is 19.2. The quantitative estimate of drug-likeness (QED) is 0.137. The molecule has 3 aliphatic carbocycles. The number of hydrogen-bond donors (Lipinski definition) is 4. The minimum atomic E-state index is -3.79. The summed E-state index contributed by atoms with van der Waals surface area (Å²) in [5, 5.41) is 13.0. The predicted octanol–water partition coefficient (Wildman–Crippen LogP) is 3.92. The summed E-state index contributed by atoms with van der Waals surface area (Å²) in [6.45, 7) is 19.9. The summed E-state index contributed by atoms with van der Waals surface area (Å²) < 4.78 is 29.2. The summed E-state index contributed by atoms with van der Waals surface area (Å²) in [7, 11) is -3.79. The van der Waals surface area contributed by atoms with Gasteiger partial charge in [-0.2, -0.15) is 4.31 Å². The molecule has 300 valence electrons. The zero-order chi connectivity index (χ0) is 40.0. The fourth-order valence-corrected chi connectivity index (χ4v) is 10.4. The monoisotopic (exact) mass is 788 g/mol. The van der Waals surface area contributed by atoms with E-state index < -0.39 is 74.6 Å². The Balaban J connectivity index is 1.33. The van der Waals surface area contributed by atoms with E-state index in [0.717, 1.165) is 37.0 Å². The number of urea groups is 1. The third kappa shape index (κ3) is 9.55. The van der Waals surface area contributed by atoms with E-state index in [2.05, 4.69) is 41.7 Å². The van der Waals surface area contributed by atoms with Crippen molar-refractivity contribution < 1.29 is 32.4 Å². The van der Waals surface area contributed by atoms with Gasteiger partial charge < -0.3 is 26.2 Å². The zero-order valence-corrected chi connectivity index (χ0v) is 34.7. The molecule has 1 aromatic heterocycles. The van der Waals surface area contributed by atoms with Crippen molar-refractivity contribution in [3.8, 4) is 0 Å². The van der Waals surface area contributed by atoms with Crippen LogP contribution in [0.25, 0.3) is 0 Å². The number of carbonyl (C=O) groups is 5. The molecule has 54 heavy (non-hydrogen) atoms. The molecule has 4 N–H and O–H groups in total.